The van der Waals surface area contributed by atoms with Gasteiger partial charge in [0.2, 0.25) is 0 Å². The van der Waals surface area contributed by atoms with Gasteiger partial charge in [-0.25, -0.2) is 9.78 Å². The van der Waals surface area contributed by atoms with Gasteiger partial charge >= 0.3 is 6.03 Å². The topological polar surface area (TPSA) is 86.5 Å². The van der Waals surface area contributed by atoms with Crippen LogP contribution in [0.1, 0.15) is 18.5 Å². The summed E-state index contributed by atoms with van der Waals surface area (Å²) in [5, 5.41) is 3.23. The minimum Gasteiger partial charge on any atom is -0.497 e. The van der Waals surface area contributed by atoms with E-state index in [1.807, 2.05) is 55.5 Å². The molecule has 3 rings (SSSR count). The van der Waals surface area contributed by atoms with Crippen LogP contribution in [0.2, 0.25) is 0 Å². The highest BCUT2D eigenvalue weighted by Crippen LogP contribution is 2.33. The summed E-state index contributed by atoms with van der Waals surface area (Å²) in [5.74, 6) is 1.48. The summed E-state index contributed by atoms with van der Waals surface area (Å²) in [6, 6.07) is 14.6. The Bertz CT molecular complexity index is 876. The maximum absolute atomic E-state index is 10.9. The van der Waals surface area contributed by atoms with Crippen LogP contribution in [-0.4, -0.2) is 18.1 Å². The fraction of sp³-hybridized carbons (Fsp3) is 0.158. The molecular formula is C19H19N3O3S. The van der Waals surface area contributed by atoms with E-state index in [0.717, 1.165) is 21.8 Å². The summed E-state index contributed by atoms with van der Waals surface area (Å²) in [6.07, 6.45) is 1.78. The summed E-state index contributed by atoms with van der Waals surface area (Å²) in [4.78, 5) is 16.3. The second-order valence-electron chi connectivity index (χ2n) is 5.62. The molecule has 134 valence electrons. The number of hydrogen-bond acceptors (Lipinski definition) is 5. The largest absolute Gasteiger partial charge is 0.497 e. The molecule has 3 aromatic rings. The molecule has 0 aliphatic rings. The zero-order valence-corrected chi connectivity index (χ0v) is 15.2. The minimum atomic E-state index is -0.538. The average molecular weight is 369 g/mol. The average Bonchev–Trinajstić information content (AvgIpc) is 3.10. The van der Waals surface area contributed by atoms with Gasteiger partial charge in [0.05, 0.1) is 18.0 Å². The van der Waals surface area contributed by atoms with Crippen molar-refractivity contribution >= 4 is 17.4 Å². The third kappa shape index (κ3) is 4.31. The van der Waals surface area contributed by atoms with Crippen LogP contribution in [0.4, 0.5) is 4.79 Å². The molecule has 0 aliphatic carbocycles. The van der Waals surface area contributed by atoms with Crippen LogP contribution in [0.5, 0.6) is 16.7 Å². The van der Waals surface area contributed by atoms with Crippen molar-refractivity contribution in [1.29, 1.82) is 0 Å². The Balaban J connectivity index is 1.69. The highest BCUT2D eigenvalue weighted by Gasteiger charge is 2.10. The number of ether oxygens (including phenoxy) is 2. The molecule has 0 fully saturated rings. The highest BCUT2D eigenvalue weighted by atomic mass is 32.1. The second kappa shape index (κ2) is 7.88. The summed E-state index contributed by atoms with van der Waals surface area (Å²) >= 11 is 1.46. The van der Waals surface area contributed by atoms with E-state index in [-0.39, 0.29) is 6.04 Å². The van der Waals surface area contributed by atoms with Gasteiger partial charge in [0, 0.05) is 6.20 Å². The van der Waals surface area contributed by atoms with Gasteiger partial charge in [0.1, 0.15) is 11.5 Å². The third-order valence-corrected chi connectivity index (χ3v) is 4.73. The maximum atomic E-state index is 10.9. The zero-order valence-electron chi connectivity index (χ0n) is 14.4. The molecule has 0 radical (unpaired) electrons. The summed E-state index contributed by atoms with van der Waals surface area (Å²) in [7, 11) is 1.62. The number of thiazole rings is 1. The van der Waals surface area contributed by atoms with E-state index in [4.69, 9.17) is 15.2 Å². The third-order valence-electron chi connectivity index (χ3n) is 3.80. The number of aromatic nitrogens is 1. The molecule has 1 unspecified atom stereocenters. The number of urea groups is 1. The lowest BCUT2D eigenvalue weighted by Crippen LogP contribution is -2.31. The molecule has 0 aliphatic heterocycles. The Kier molecular flexibility index (Phi) is 5.38. The molecular weight excluding hydrogens is 350 g/mol. The fourth-order valence-corrected chi connectivity index (χ4v) is 3.21. The van der Waals surface area contributed by atoms with Gasteiger partial charge in [-0.15, -0.1) is 0 Å². The Morgan fingerprint density at radius 1 is 1.12 bits per heavy atom. The first-order valence-corrected chi connectivity index (χ1v) is 8.81. The number of carbonyl (C=O) groups excluding carboxylic acids is 1. The smallest absolute Gasteiger partial charge is 0.312 e. The number of nitrogens with two attached hydrogens (primary N) is 1. The van der Waals surface area contributed by atoms with Crippen LogP contribution in [0.3, 0.4) is 0 Å². The quantitative estimate of drug-likeness (QED) is 0.677. The van der Waals surface area contributed by atoms with Crippen molar-refractivity contribution in [2.24, 2.45) is 5.73 Å². The molecule has 0 saturated heterocycles. The number of amides is 2. The van der Waals surface area contributed by atoms with E-state index in [0.29, 0.717) is 10.9 Å². The number of hydrogen-bond donors (Lipinski definition) is 2. The van der Waals surface area contributed by atoms with Crippen LogP contribution in [0, 0.1) is 0 Å². The summed E-state index contributed by atoms with van der Waals surface area (Å²) in [6.45, 7) is 1.88. The predicted octanol–water partition coefficient (Wildman–Crippen LogP) is 4.34. The molecule has 1 aromatic heterocycles. The van der Waals surface area contributed by atoms with Crippen molar-refractivity contribution in [3.8, 4) is 27.1 Å². The van der Waals surface area contributed by atoms with Gasteiger partial charge in [-0.3, -0.25) is 0 Å². The number of rotatable bonds is 6. The van der Waals surface area contributed by atoms with Gasteiger partial charge in [-0.05, 0) is 42.3 Å². The van der Waals surface area contributed by atoms with Crippen molar-refractivity contribution in [3.05, 3.63) is 60.3 Å². The lowest BCUT2D eigenvalue weighted by atomic mass is 10.1. The second-order valence-corrected chi connectivity index (χ2v) is 6.61. The first-order chi connectivity index (χ1) is 12.5. The van der Waals surface area contributed by atoms with E-state index >= 15 is 0 Å². The molecule has 7 heteroatoms. The Labute approximate surface area is 155 Å². The first-order valence-electron chi connectivity index (χ1n) is 7.99. The number of nitrogens with one attached hydrogen (secondary N) is 1. The first kappa shape index (κ1) is 17.8. The van der Waals surface area contributed by atoms with Crippen LogP contribution in [-0.2, 0) is 0 Å². The van der Waals surface area contributed by atoms with E-state index in [1.165, 1.54) is 11.3 Å². The Morgan fingerprint density at radius 3 is 2.38 bits per heavy atom. The predicted molar refractivity (Wildman–Crippen MR) is 102 cm³/mol. The van der Waals surface area contributed by atoms with Gasteiger partial charge < -0.3 is 20.5 Å². The van der Waals surface area contributed by atoms with Gasteiger partial charge in [0.15, 0.2) is 0 Å². The van der Waals surface area contributed by atoms with Gasteiger partial charge in [-0.1, -0.05) is 35.6 Å². The lowest BCUT2D eigenvalue weighted by Gasteiger charge is -2.12. The number of carbonyl (C=O) groups is 1. The molecule has 6 nitrogen and oxygen atoms in total. The van der Waals surface area contributed by atoms with Crippen LogP contribution in [0.25, 0.3) is 10.4 Å². The van der Waals surface area contributed by atoms with Gasteiger partial charge in [-0.2, -0.15) is 0 Å². The number of methoxy groups -OCH3 is 1. The van der Waals surface area contributed by atoms with Gasteiger partial charge in [0.25, 0.3) is 5.19 Å². The molecule has 0 spiro atoms. The van der Waals surface area contributed by atoms with Crippen molar-refractivity contribution < 1.29 is 14.3 Å². The molecule has 0 bridgehead atoms. The van der Waals surface area contributed by atoms with Crippen molar-refractivity contribution in [2.75, 3.05) is 7.11 Å². The summed E-state index contributed by atoms with van der Waals surface area (Å²) < 4.78 is 10.9. The Hall–Kier alpha value is -3.06. The molecule has 2 aromatic carbocycles. The van der Waals surface area contributed by atoms with Crippen molar-refractivity contribution in [2.45, 2.75) is 13.0 Å². The summed E-state index contributed by atoms with van der Waals surface area (Å²) in [5.41, 5.74) is 7.16. The van der Waals surface area contributed by atoms with Crippen LogP contribution in [0.15, 0.2) is 54.7 Å². The number of primary amides is 1. The SMILES string of the molecule is COc1ccc(Oc2ncc(-c3ccc(C(C)NC(N)=O)cc3)s2)cc1. The molecule has 26 heavy (non-hydrogen) atoms. The van der Waals surface area contributed by atoms with E-state index in [1.54, 1.807) is 13.3 Å². The lowest BCUT2D eigenvalue weighted by molar-refractivity contribution is 0.246. The molecule has 2 amide bonds. The molecule has 3 N–H and O–H groups in total. The monoisotopic (exact) mass is 369 g/mol. The van der Waals surface area contributed by atoms with Crippen LogP contribution >= 0.6 is 11.3 Å². The number of nitrogens with zero attached hydrogens (tertiary/aromatic N) is 1. The minimum absolute atomic E-state index is 0.142. The van der Waals surface area contributed by atoms with E-state index in [2.05, 4.69) is 10.3 Å². The fourth-order valence-electron chi connectivity index (χ4n) is 2.42. The van der Waals surface area contributed by atoms with E-state index in [9.17, 15) is 4.79 Å². The van der Waals surface area contributed by atoms with E-state index < -0.39 is 6.03 Å². The zero-order chi connectivity index (χ0) is 18.5. The van der Waals surface area contributed by atoms with Crippen molar-refractivity contribution in [3.63, 3.8) is 0 Å². The molecule has 1 atom stereocenters. The molecule has 1 heterocycles. The maximum Gasteiger partial charge on any atom is 0.312 e. The highest BCUT2D eigenvalue weighted by molar-refractivity contribution is 7.16. The molecule has 0 saturated carbocycles. The van der Waals surface area contributed by atoms with Crippen LogP contribution < -0.4 is 20.5 Å². The standard InChI is InChI=1S/C19H19N3O3S/c1-12(22-18(20)23)13-3-5-14(6-4-13)17-11-21-19(26-17)25-16-9-7-15(24-2)8-10-16/h3-12H,1-2H3,(H3,20,22,23). The Morgan fingerprint density at radius 2 is 1.77 bits per heavy atom. The van der Waals surface area contributed by atoms with Crippen molar-refractivity contribution in [1.82, 2.24) is 10.3 Å². The normalized spacial score (nSPS) is 11.6. The number of benzene rings is 2.